The van der Waals surface area contributed by atoms with Crippen molar-refractivity contribution in [1.29, 1.82) is 0 Å². The largest absolute Gasteiger partial charge is 0.296 e. The lowest BCUT2D eigenvalue weighted by molar-refractivity contribution is -0.135. The fourth-order valence-corrected chi connectivity index (χ4v) is 2.34. The summed E-state index contributed by atoms with van der Waals surface area (Å²) in [5, 5.41) is 0. The van der Waals surface area contributed by atoms with Crippen LogP contribution in [0.1, 0.15) is 20.8 Å². The molecule has 2 saturated heterocycles. The summed E-state index contributed by atoms with van der Waals surface area (Å²) in [6, 6.07) is 2.59. The molecule has 0 aromatic rings. The van der Waals surface area contributed by atoms with Gasteiger partial charge in [-0.05, 0) is 20.4 Å². The Morgan fingerprint density at radius 2 is 2.00 bits per heavy atom. The van der Waals surface area contributed by atoms with Crippen LogP contribution in [0.2, 0.25) is 0 Å². The van der Waals surface area contributed by atoms with Crippen molar-refractivity contribution in [1.82, 2.24) is 9.80 Å². The SMILES string of the molecule is CCN1C[C@@H]2C1CN2C(C)C. The number of hydrogen-bond donors (Lipinski definition) is 0. The molecule has 0 aromatic carbocycles. The average Bonchev–Trinajstić information content (AvgIpc) is 1.93. The summed E-state index contributed by atoms with van der Waals surface area (Å²) in [6.45, 7) is 10.7. The molecule has 2 rings (SSSR count). The molecular formula is C9H18N2. The topological polar surface area (TPSA) is 6.48 Å². The van der Waals surface area contributed by atoms with Crippen LogP contribution in [0.4, 0.5) is 0 Å². The van der Waals surface area contributed by atoms with Gasteiger partial charge in [0.1, 0.15) is 0 Å². The Labute approximate surface area is 69.2 Å². The first kappa shape index (κ1) is 7.56. The minimum Gasteiger partial charge on any atom is -0.296 e. The molecule has 2 aliphatic rings. The highest BCUT2D eigenvalue weighted by molar-refractivity contribution is 5.08. The van der Waals surface area contributed by atoms with Gasteiger partial charge in [0.25, 0.3) is 0 Å². The molecule has 0 radical (unpaired) electrons. The maximum Gasteiger partial charge on any atom is 0.0394 e. The highest BCUT2D eigenvalue weighted by atomic mass is 15.4. The smallest absolute Gasteiger partial charge is 0.0394 e. The molecule has 2 aliphatic heterocycles. The Morgan fingerprint density at radius 3 is 2.36 bits per heavy atom. The Hall–Kier alpha value is -0.0800. The van der Waals surface area contributed by atoms with Crippen LogP contribution in [-0.2, 0) is 0 Å². The third-order valence-corrected chi connectivity index (χ3v) is 3.23. The third-order valence-electron chi connectivity index (χ3n) is 3.23. The first-order valence-electron chi connectivity index (χ1n) is 4.73. The average molecular weight is 154 g/mol. The molecule has 2 heteroatoms. The van der Waals surface area contributed by atoms with Gasteiger partial charge in [0.15, 0.2) is 0 Å². The summed E-state index contributed by atoms with van der Waals surface area (Å²) >= 11 is 0. The molecule has 2 nitrogen and oxygen atoms in total. The molecule has 64 valence electrons. The molecule has 0 aliphatic carbocycles. The monoisotopic (exact) mass is 154 g/mol. The van der Waals surface area contributed by atoms with Gasteiger partial charge >= 0.3 is 0 Å². The van der Waals surface area contributed by atoms with Crippen molar-refractivity contribution < 1.29 is 0 Å². The van der Waals surface area contributed by atoms with E-state index in [0.29, 0.717) is 0 Å². The van der Waals surface area contributed by atoms with Crippen molar-refractivity contribution >= 4 is 0 Å². The van der Waals surface area contributed by atoms with E-state index in [2.05, 4.69) is 30.6 Å². The second-order valence-electron chi connectivity index (χ2n) is 4.01. The summed E-state index contributed by atoms with van der Waals surface area (Å²) in [7, 11) is 0. The number of rotatable bonds is 2. The fourth-order valence-electron chi connectivity index (χ4n) is 2.34. The Morgan fingerprint density at radius 1 is 1.27 bits per heavy atom. The molecular weight excluding hydrogens is 136 g/mol. The van der Waals surface area contributed by atoms with E-state index in [0.717, 1.165) is 18.1 Å². The molecule has 0 N–H and O–H groups in total. The van der Waals surface area contributed by atoms with Crippen molar-refractivity contribution in [2.45, 2.75) is 38.9 Å². The quantitative estimate of drug-likeness (QED) is 0.580. The van der Waals surface area contributed by atoms with Crippen LogP contribution in [0.25, 0.3) is 0 Å². The number of likely N-dealkylation sites (tertiary alicyclic amines) is 2. The van der Waals surface area contributed by atoms with Crippen molar-refractivity contribution in [3.63, 3.8) is 0 Å². The molecule has 1 unspecified atom stereocenters. The minimum absolute atomic E-state index is 0.759. The van der Waals surface area contributed by atoms with Crippen LogP contribution >= 0.6 is 0 Å². The summed E-state index contributed by atoms with van der Waals surface area (Å²) in [5.74, 6) is 0. The van der Waals surface area contributed by atoms with Crippen molar-refractivity contribution in [3.8, 4) is 0 Å². The van der Waals surface area contributed by atoms with E-state index < -0.39 is 0 Å². The number of nitrogens with zero attached hydrogens (tertiary/aromatic N) is 2. The van der Waals surface area contributed by atoms with Gasteiger partial charge in [-0.1, -0.05) is 6.92 Å². The van der Waals surface area contributed by atoms with E-state index in [1.54, 1.807) is 0 Å². The van der Waals surface area contributed by atoms with Gasteiger partial charge in [0, 0.05) is 31.2 Å². The van der Waals surface area contributed by atoms with Crippen LogP contribution in [0.15, 0.2) is 0 Å². The Balaban J connectivity index is 1.84. The van der Waals surface area contributed by atoms with Gasteiger partial charge in [-0.3, -0.25) is 9.80 Å². The van der Waals surface area contributed by atoms with Crippen LogP contribution in [0.5, 0.6) is 0 Å². The second kappa shape index (κ2) is 2.46. The highest BCUT2D eigenvalue weighted by Crippen LogP contribution is 2.34. The maximum absolute atomic E-state index is 2.61. The highest BCUT2D eigenvalue weighted by Gasteiger charge is 2.50. The Bertz CT molecular complexity index is 156. The van der Waals surface area contributed by atoms with Gasteiger partial charge in [0.05, 0.1) is 0 Å². The predicted molar refractivity (Wildman–Crippen MR) is 46.7 cm³/mol. The number of likely N-dealkylation sites (N-methyl/N-ethyl adjacent to an activating group) is 1. The molecule has 2 heterocycles. The zero-order valence-electron chi connectivity index (χ0n) is 7.75. The lowest BCUT2D eigenvalue weighted by atomic mass is 9.84. The standard InChI is InChI=1S/C9H18N2/c1-4-10-5-9-8(10)6-11(9)7(2)3/h7-9H,4-6H2,1-3H3/t8?,9-/m1/s1. The molecule has 11 heavy (non-hydrogen) atoms. The van der Waals surface area contributed by atoms with Crippen molar-refractivity contribution in [2.75, 3.05) is 19.6 Å². The molecule has 0 bridgehead atoms. The van der Waals surface area contributed by atoms with Crippen molar-refractivity contribution in [2.24, 2.45) is 0 Å². The van der Waals surface area contributed by atoms with Gasteiger partial charge < -0.3 is 0 Å². The molecule has 0 aromatic heterocycles. The predicted octanol–water partition coefficient (Wildman–Crippen LogP) is 0.783. The van der Waals surface area contributed by atoms with Gasteiger partial charge in [-0.2, -0.15) is 0 Å². The van der Waals surface area contributed by atoms with Gasteiger partial charge in [0.2, 0.25) is 0 Å². The number of fused-ring (bicyclic) bond motifs is 1. The van der Waals surface area contributed by atoms with E-state index in [4.69, 9.17) is 0 Å². The van der Waals surface area contributed by atoms with E-state index in [9.17, 15) is 0 Å². The first-order chi connectivity index (χ1) is 5.24. The normalized spacial score (nSPS) is 38.2. The summed E-state index contributed by atoms with van der Waals surface area (Å²) in [6.07, 6.45) is 0. The zero-order valence-corrected chi connectivity index (χ0v) is 7.75. The zero-order chi connectivity index (χ0) is 8.01. The van der Waals surface area contributed by atoms with Crippen LogP contribution in [0.3, 0.4) is 0 Å². The molecule has 0 spiro atoms. The van der Waals surface area contributed by atoms with E-state index in [-0.39, 0.29) is 0 Å². The molecule has 2 atom stereocenters. The van der Waals surface area contributed by atoms with Crippen molar-refractivity contribution in [3.05, 3.63) is 0 Å². The second-order valence-corrected chi connectivity index (χ2v) is 4.01. The lowest BCUT2D eigenvalue weighted by Crippen LogP contribution is -2.79. The van der Waals surface area contributed by atoms with Crippen LogP contribution in [0, 0.1) is 0 Å². The maximum atomic E-state index is 2.61. The van der Waals surface area contributed by atoms with E-state index in [1.807, 2.05) is 0 Å². The van der Waals surface area contributed by atoms with E-state index in [1.165, 1.54) is 19.6 Å². The van der Waals surface area contributed by atoms with Crippen LogP contribution in [-0.4, -0.2) is 47.6 Å². The number of hydrogen-bond acceptors (Lipinski definition) is 2. The molecule has 2 fully saturated rings. The lowest BCUT2D eigenvalue weighted by Gasteiger charge is -2.63. The third kappa shape index (κ3) is 0.926. The van der Waals surface area contributed by atoms with Crippen LogP contribution < -0.4 is 0 Å². The number of piperazine rings is 1. The molecule has 0 saturated carbocycles. The van der Waals surface area contributed by atoms with Gasteiger partial charge in [-0.15, -0.1) is 0 Å². The summed E-state index contributed by atoms with van der Waals surface area (Å²) in [4.78, 5) is 5.18. The molecule has 0 amide bonds. The minimum atomic E-state index is 0.759. The summed E-state index contributed by atoms with van der Waals surface area (Å²) in [5.41, 5.74) is 0. The Kier molecular flexibility index (Phi) is 1.69. The van der Waals surface area contributed by atoms with Gasteiger partial charge in [-0.25, -0.2) is 0 Å². The van der Waals surface area contributed by atoms with E-state index >= 15 is 0 Å². The first-order valence-corrected chi connectivity index (χ1v) is 4.73. The summed E-state index contributed by atoms with van der Waals surface area (Å²) < 4.78 is 0. The fraction of sp³-hybridized carbons (Fsp3) is 1.00.